The number of rotatable bonds is 9. The van der Waals surface area contributed by atoms with Crippen LogP contribution in [0.4, 0.5) is 11.4 Å². The minimum Gasteiger partial charge on any atom is -0.402 e. The Bertz CT molecular complexity index is 2490. The van der Waals surface area contributed by atoms with E-state index in [0.717, 1.165) is 52.5 Å². The Hall–Kier alpha value is -6.96. The van der Waals surface area contributed by atoms with E-state index in [9.17, 15) is 0 Å². The highest BCUT2D eigenvalue weighted by Gasteiger charge is 2.41. The second-order valence-electron chi connectivity index (χ2n) is 16.2. The quantitative estimate of drug-likeness (QED) is 0.137. The molecule has 0 spiro atoms. The zero-order chi connectivity index (χ0) is 39.8. The molecule has 0 bridgehead atoms. The molecule has 60 heavy (non-hydrogen) atoms. The largest absolute Gasteiger partial charge is 0.402 e. The van der Waals surface area contributed by atoms with Gasteiger partial charge in [-0.1, -0.05) is 134 Å². The lowest BCUT2D eigenvalue weighted by atomic mass is 9.81. The Morgan fingerprint density at radius 1 is 0.517 bits per heavy atom. The van der Waals surface area contributed by atoms with E-state index >= 15 is 0 Å². The highest BCUT2D eigenvalue weighted by Crippen LogP contribution is 2.53. The van der Waals surface area contributed by atoms with Crippen LogP contribution in [0.15, 0.2) is 206 Å². The summed E-state index contributed by atoms with van der Waals surface area (Å²) >= 11 is 0. The second-order valence-corrected chi connectivity index (χ2v) is 16.2. The van der Waals surface area contributed by atoms with Crippen LogP contribution in [0.2, 0.25) is 0 Å². The molecule has 6 aliphatic rings. The van der Waals surface area contributed by atoms with E-state index in [4.69, 9.17) is 0 Å². The summed E-state index contributed by atoms with van der Waals surface area (Å²) in [7, 11) is 0. The van der Waals surface area contributed by atoms with Crippen LogP contribution in [0.3, 0.4) is 0 Å². The average molecular weight is 784 g/mol. The number of hydrogen-bond acceptors (Lipinski definition) is 7. The van der Waals surface area contributed by atoms with Crippen molar-refractivity contribution < 1.29 is 0 Å². The van der Waals surface area contributed by atoms with Gasteiger partial charge in [0.15, 0.2) is 0 Å². The van der Waals surface area contributed by atoms with Crippen LogP contribution in [0.25, 0.3) is 17.1 Å². The van der Waals surface area contributed by atoms with Gasteiger partial charge < -0.3 is 34.3 Å². The fourth-order valence-electron chi connectivity index (χ4n) is 9.74. The number of benzene rings is 5. The summed E-state index contributed by atoms with van der Waals surface area (Å²) in [5.74, 6) is 1.47. The first kappa shape index (κ1) is 36.1. The second kappa shape index (κ2) is 15.7. The molecule has 0 aromatic heterocycles. The van der Waals surface area contributed by atoms with Crippen LogP contribution in [-0.2, 0) is 0 Å². The standard InChI is InChI=1S/C53H49N7/c1-6-18-41(19-7-1)49-36-55(39-58(49)44-24-12-4-13-25-44)33-32-54-31-30-47-52(57-37-50(42-20-8-2-9-21-42)59(40-57)45-26-14-5-15-27-45)46-28-16-17-29-48(46)60-51(43-22-10-3-11-23-43)38-56(35-34-54)53(47)60/h1-29,36-38,53H,30-35,39-40H2/q-2. The van der Waals surface area contributed by atoms with Crippen molar-refractivity contribution in [1.82, 2.24) is 24.5 Å². The molecule has 7 heteroatoms. The van der Waals surface area contributed by atoms with Crippen molar-refractivity contribution in [1.29, 1.82) is 0 Å². The Labute approximate surface area is 354 Å². The molecule has 7 nitrogen and oxygen atoms in total. The molecule has 1 aliphatic carbocycles. The SMILES string of the molecule is C1=CC2=C(N3C=C(c4ccccc4)N(c4ccccc4)C3)[C-]3CCN(CCN4C=C(c5ccccc5)N(c5ccccc5)C4)CCN4C=C(c5ccccc5)N([C-]2C=C1)C34. The lowest BCUT2D eigenvalue weighted by Gasteiger charge is -2.63. The summed E-state index contributed by atoms with van der Waals surface area (Å²) in [6.45, 7) is 6.46. The third-order valence-electron chi connectivity index (χ3n) is 12.6. The highest BCUT2D eigenvalue weighted by atomic mass is 15.5. The number of anilines is 2. The van der Waals surface area contributed by atoms with Crippen molar-refractivity contribution in [2.75, 3.05) is 55.9 Å². The van der Waals surface area contributed by atoms with Gasteiger partial charge in [0.05, 0.1) is 30.4 Å². The smallest absolute Gasteiger partial charge is 0.0948 e. The van der Waals surface area contributed by atoms with Gasteiger partial charge in [0.1, 0.15) is 0 Å². The topological polar surface area (TPSA) is 22.7 Å². The maximum absolute atomic E-state index is 2.70. The fourth-order valence-corrected chi connectivity index (χ4v) is 9.74. The van der Waals surface area contributed by atoms with Crippen LogP contribution < -0.4 is 9.80 Å². The Morgan fingerprint density at radius 3 is 1.72 bits per heavy atom. The molecule has 0 N–H and O–H groups in total. The van der Waals surface area contributed by atoms with E-state index in [2.05, 4.69) is 229 Å². The predicted molar refractivity (Wildman–Crippen MR) is 245 cm³/mol. The minimum atomic E-state index is 0.0981. The van der Waals surface area contributed by atoms with Crippen LogP contribution in [0.5, 0.6) is 0 Å². The van der Waals surface area contributed by atoms with Crippen molar-refractivity contribution in [3.05, 3.63) is 234 Å². The van der Waals surface area contributed by atoms with E-state index in [1.54, 1.807) is 0 Å². The number of allylic oxidation sites excluding steroid dienone is 2. The maximum Gasteiger partial charge on any atom is 0.0948 e. The summed E-state index contributed by atoms with van der Waals surface area (Å²) < 4.78 is 0. The zero-order valence-electron chi connectivity index (χ0n) is 33.8. The van der Waals surface area contributed by atoms with E-state index in [-0.39, 0.29) is 6.17 Å². The Kier molecular flexibility index (Phi) is 9.43. The summed E-state index contributed by atoms with van der Waals surface area (Å²) in [6.07, 6.45) is 17.4. The van der Waals surface area contributed by atoms with Crippen molar-refractivity contribution in [2.24, 2.45) is 0 Å². The molecule has 5 heterocycles. The zero-order valence-corrected chi connectivity index (χ0v) is 33.8. The molecule has 5 aliphatic heterocycles. The summed E-state index contributed by atoms with van der Waals surface area (Å²) in [6, 6.07) is 55.6. The lowest BCUT2D eigenvalue weighted by molar-refractivity contribution is 0.120. The fraction of sp³-hybridized carbons (Fsp3) is 0.170. The predicted octanol–water partition coefficient (Wildman–Crippen LogP) is 9.69. The Balaban J connectivity index is 0.934. The first-order chi connectivity index (χ1) is 29.8. The molecular weight excluding hydrogens is 735 g/mol. The average Bonchev–Trinajstić information content (AvgIpc) is 4.06. The van der Waals surface area contributed by atoms with Crippen LogP contribution >= 0.6 is 0 Å². The van der Waals surface area contributed by atoms with Gasteiger partial charge in [-0.2, -0.15) is 17.7 Å². The number of hydrogen-bond donors (Lipinski definition) is 0. The molecule has 5 aromatic rings. The Morgan fingerprint density at radius 2 is 1.08 bits per heavy atom. The molecule has 5 aromatic carbocycles. The van der Waals surface area contributed by atoms with Gasteiger partial charge in [-0.15, -0.1) is 18.2 Å². The molecule has 0 radical (unpaired) electrons. The molecule has 1 saturated heterocycles. The van der Waals surface area contributed by atoms with E-state index in [1.807, 2.05) is 0 Å². The number of para-hydroxylation sites is 2. The molecule has 1 atom stereocenters. The maximum atomic E-state index is 2.70. The monoisotopic (exact) mass is 783 g/mol. The van der Waals surface area contributed by atoms with Crippen molar-refractivity contribution in [3.8, 4) is 0 Å². The number of fused-ring (bicyclic) bond motifs is 2. The van der Waals surface area contributed by atoms with Crippen molar-refractivity contribution in [2.45, 2.75) is 12.6 Å². The third kappa shape index (κ3) is 6.61. The molecular formula is C53H49N7-2. The summed E-state index contributed by atoms with van der Waals surface area (Å²) in [4.78, 5) is 17.9. The summed E-state index contributed by atoms with van der Waals surface area (Å²) in [5.41, 5.74) is 12.5. The highest BCUT2D eigenvalue weighted by molar-refractivity contribution is 5.83. The first-order valence-corrected chi connectivity index (χ1v) is 21.3. The van der Waals surface area contributed by atoms with Gasteiger partial charge in [-0.3, -0.25) is 5.57 Å². The van der Waals surface area contributed by atoms with Gasteiger partial charge in [0, 0.05) is 62.3 Å². The van der Waals surface area contributed by atoms with Gasteiger partial charge in [-0.25, -0.2) is 6.08 Å². The molecule has 298 valence electrons. The van der Waals surface area contributed by atoms with E-state index in [1.165, 1.54) is 68.4 Å². The van der Waals surface area contributed by atoms with Gasteiger partial charge in [-0.05, 0) is 47.5 Å². The molecule has 11 rings (SSSR count). The van der Waals surface area contributed by atoms with Crippen LogP contribution in [0.1, 0.15) is 23.1 Å². The van der Waals surface area contributed by atoms with Crippen molar-refractivity contribution in [3.63, 3.8) is 0 Å². The van der Waals surface area contributed by atoms with Crippen LogP contribution in [0, 0.1) is 12.0 Å². The number of nitrogens with zero attached hydrogens (tertiary/aromatic N) is 7. The molecule has 0 saturated carbocycles. The van der Waals surface area contributed by atoms with Crippen molar-refractivity contribution >= 4 is 28.5 Å². The van der Waals surface area contributed by atoms with Crippen LogP contribution in [-0.4, -0.2) is 76.7 Å². The third-order valence-corrected chi connectivity index (χ3v) is 12.6. The molecule has 1 fully saturated rings. The summed E-state index contributed by atoms with van der Waals surface area (Å²) in [5, 5.41) is 0. The van der Waals surface area contributed by atoms with Gasteiger partial charge in [0.25, 0.3) is 0 Å². The van der Waals surface area contributed by atoms with Gasteiger partial charge >= 0.3 is 0 Å². The van der Waals surface area contributed by atoms with Gasteiger partial charge in [0.2, 0.25) is 0 Å². The van der Waals surface area contributed by atoms with E-state index < -0.39 is 0 Å². The van der Waals surface area contributed by atoms with E-state index in [0.29, 0.717) is 0 Å². The normalized spacial score (nSPS) is 20.0. The lowest BCUT2D eigenvalue weighted by Crippen LogP contribution is -2.55. The first-order valence-electron chi connectivity index (χ1n) is 21.3. The molecule has 0 amide bonds. The minimum absolute atomic E-state index is 0.0981. The molecule has 1 unspecified atom stereocenters.